The predicted octanol–water partition coefficient (Wildman–Crippen LogP) is 6.13. The number of carbonyl (C=O) groups excluding carboxylic acids is 1. The van der Waals surface area contributed by atoms with Gasteiger partial charge in [0.1, 0.15) is 0 Å². The van der Waals surface area contributed by atoms with Gasteiger partial charge in [-0.2, -0.15) is 0 Å². The van der Waals surface area contributed by atoms with Crippen molar-refractivity contribution in [3.63, 3.8) is 0 Å². The van der Waals surface area contributed by atoms with Gasteiger partial charge >= 0.3 is 5.97 Å². The molecule has 4 heteroatoms. The van der Waals surface area contributed by atoms with E-state index in [9.17, 15) is 9.59 Å². The number of unbranched alkanes of at least 4 members (excludes halogenated alkanes) is 16. The molecule has 0 saturated heterocycles. The molecule has 152 valence electrons. The maximum atomic E-state index is 10.5. The van der Waals surface area contributed by atoms with Crippen molar-refractivity contribution in [3.05, 3.63) is 12.2 Å². The highest BCUT2D eigenvalue weighted by atomic mass is 16.4. The van der Waals surface area contributed by atoms with Gasteiger partial charge in [0.2, 0.25) is 5.91 Å². The Labute approximate surface area is 160 Å². The van der Waals surface area contributed by atoms with E-state index in [1.807, 2.05) is 6.08 Å². The van der Waals surface area contributed by atoms with Crippen molar-refractivity contribution in [2.75, 3.05) is 0 Å². The van der Waals surface area contributed by atoms with E-state index in [1.54, 1.807) is 0 Å². The number of carboxylic acid groups (broad SMARTS) is 1. The van der Waals surface area contributed by atoms with Crippen LogP contribution in [0.25, 0.3) is 0 Å². The number of rotatable bonds is 20. The molecule has 0 heterocycles. The molecule has 0 aromatic carbocycles. The lowest BCUT2D eigenvalue weighted by Crippen LogP contribution is -2.05. The van der Waals surface area contributed by atoms with Gasteiger partial charge in [0.15, 0.2) is 0 Å². The molecule has 0 aromatic rings. The van der Waals surface area contributed by atoms with Gasteiger partial charge < -0.3 is 10.8 Å². The second kappa shape index (κ2) is 20.0. The van der Waals surface area contributed by atoms with E-state index in [0.717, 1.165) is 25.7 Å². The third kappa shape index (κ3) is 22.7. The highest BCUT2D eigenvalue weighted by molar-refractivity contribution is 5.85. The lowest BCUT2D eigenvalue weighted by molar-refractivity contribution is -0.137. The number of hydrogen-bond acceptors (Lipinski definition) is 2. The van der Waals surface area contributed by atoms with E-state index >= 15 is 0 Å². The highest BCUT2D eigenvalue weighted by Gasteiger charge is 1.97. The second-order valence-corrected chi connectivity index (χ2v) is 7.39. The van der Waals surface area contributed by atoms with Crippen molar-refractivity contribution in [1.82, 2.24) is 0 Å². The molecule has 0 fully saturated rings. The summed E-state index contributed by atoms with van der Waals surface area (Å²) in [5, 5.41) is 8.56. The third-order valence-electron chi connectivity index (χ3n) is 4.79. The number of amides is 1. The van der Waals surface area contributed by atoms with Crippen LogP contribution in [0.2, 0.25) is 0 Å². The molecule has 0 aliphatic carbocycles. The summed E-state index contributed by atoms with van der Waals surface area (Å²) in [5.41, 5.74) is 5.04. The first-order chi connectivity index (χ1) is 12.6. The maximum Gasteiger partial charge on any atom is 0.303 e. The minimum atomic E-state index is -0.667. The summed E-state index contributed by atoms with van der Waals surface area (Å²) < 4.78 is 0. The Balaban J connectivity index is 3.05. The first kappa shape index (κ1) is 24.7. The van der Waals surface area contributed by atoms with Crippen molar-refractivity contribution in [2.45, 2.75) is 116 Å². The van der Waals surface area contributed by atoms with Gasteiger partial charge in [-0.15, -0.1) is 0 Å². The minimum absolute atomic E-state index is 0.328. The summed E-state index contributed by atoms with van der Waals surface area (Å²) in [5.74, 6) is -1.02. The number of aliphatic carboxylic acids is 1. The zero-order valence-electron chi connectivity index (χ0n) is 16.7. The second-order valence-electron chi connectivity index (χ2n) is 7.39. The van der Waals surface area contributed by atoms with Gasteiger partial charge in [-0.3, -0.25) is 9.59 Å². The molecule has 26 heavy (non-hydrogen) atoms. The molecule has 1 amide bonds. The lowest BCUT2D eigenvalue weighted by Gasteiger charge is -2.03. The van der Waals surface area contributed by atoms with Gasteiger partial charge in [0.25, 0.3) is 0 Å². The lowest BCUT2D eigenvalue weighted by atomic mass is 10.0. The van der Waals surface area contributed by atoms with Crippen LogP contribution in [-0.4, -0.2) is 17.0 Å². The van der Waals surface area contributed by atoms with E-state index in [0.29, 0.717) is 6.42 Å². The summed E-state index contributed by atoms with van der Waals surface area (Å²) >= 11 is 0. The summed E-state index contributed by atoms with van der Waals surface area (Å²) in [6, 6.07) is 0. The van der Waals surface area contributed by atoms with E-state index in [1.165, 1.54) is 89.5 Å². The average molecular weight is 368 g/mol. The van der Waals surface area contributed by atoms with E-state index in [-0.39, 0.29) is 5.91 Å². The fraction of sp³-hybridized carbons (Fsp3) is 0.818. The third-order valence-corrected chi connectivity index (χ3v) is 4.79. The van der Waals surface area contributed by atoms with Crippen LogP contribution in [0.15, 0.2) is 12.2 Å². The topological polar surface area (TPSA) is 80.4 Å². The van der Waals surface area contributed by atoms with Crippen molar-refractivity contribution in [1.29, 1.82) is 0 Å². The molecule has 0 spiro atoms. The largest absolute Gasteiger partial charge is 0.481 e. The van der Waals surface area contributed by atoms with Crippen LogP contribution in [0.5, 0.6) is 0 Å². The van der Waals surface area contributed by atoms with E-state index in [4.69, 9.17) is 10.8 Å². The molecular formula is C22H41NO3. The quantitative estimate of drug-likeness (QED) is 0.200. The Morgan fingerprint density at radius 3 is 1.31 bits per heavy atom. The van der Waals surface area contributed by atoms with Gasteiger partial charge in [0, 0.05) is 6.42 Å². The molecular weight excluding hydrogens is 326 g/mol. The average Bonchev–Trinajstić information content (AvgIpc) is 2.59. The van der Waals surface area contributed by atoms with Crippen molar-refractivity contribution in [3.8, 4) is 0 Å². The zero-order chi connectivity index (χ0) is 19.3. The van der Waals surface area contributed by atoms with Crippen molar-refractivity contribution < 1.29 is 14.7 Å². The Bertz CT molecular complexity index is 366. The van der Waals surface area contributed by atoms with E-state index < -0.39 is 5.97 Å². The fourth-order valence-electron chi connectivity index (χ4n) is 3.21. The predicted molar refractivity (Wildman–Crippen MR) is 109 cm³/mol. The molecule has 0 saturated carbocycles. The Hall–Kier alpha value is -1.32. The van der Waals surface area contributed by atoms with Crippen LogP contribution < -0.4 is 5.73 Å². The first-order valence-corrected chi connectivity index (χ1v) is 10.8. The van der Waals surface area contributed by atoms with Gasteiger partial charge in [-0.25, -0.2) is 0 Å². The SMILES string of the molecule is NC(=O)C=CCCCCCCCCCCCCCCCCCCC(=O)O. The van der Waals surface area contributed by atoms with E-state index in [2.05, 4.69) is 0 Å². The smallest absolute Gasteiger partial charge is 0.303 e. The molecule has 0 radical (unpaired) electrons. The molecule has 4 nitrogen and oxygen atoms in total. The molecule has 0 aliphatic rings. The number of allylic oxidation sites excluding steroid dienone is 1. The van der Waals surface area contributed by atoms with Crippen molar-refractivity contribution >= 4 is 11.9 Å². The molecule has 0 aliphatic heterocycles. The summed E-state index contributed by atoms with van der Waals surface area (Å²) in [7, 11) is 0. The summed E-state index contributed by atoms with van der Waals surface area (Å²) in [6.07, 6.45) is 24.9. The molecule has 0 atom stereocenters. The molecule has 3 N–H and O–H groups in total. The van der Waals surface area contributed by atoms with Gasteiger partial charge in [0.05, 0.1) is 0 Å². The molecule has 0 bridgehead atoms. The number of carboxylic acids is 1. The maximum absolute atomic E-state index is 10.5. The molecule has 0 aromatic heterocycles. The number of nitrogens with two attached hydrogens (primary N) is 1. The van der Waals surface area contributed by atoms with Crippen LogP contribution in [-0.2, 0) is 9.59 Å². The zero-order valence-corrected chi connectivity index (χ0v) is 16.7. The van der Waals surface area contributed by atoms with Crippen LogP contribution in [0.3, 0.4) is 0 Å². The normalized spacial score (nSPS) is 11.2. The molecule has 0 unspecified atom stereocenters. The Morgan fingerprint density at radius 2 is 0.962 bits per heavy atom. The Morgan fingerprint density at radius 1 is 0.615 bits per heavy atom. The van der Waals surface area contributed by atoms with Crippen LogP contribution in [0.1, 0.15) is 116 Å². The van der Waals surface area contributed by atoms with Gasteiger partial charge in [-0.05, 0) is 25.3 Å². The summed E-state index contributed by atoms with van der Waals surface area (Å²) in [6.45, 7) is 0. The molecule has 0 rings (SSSR count). The standard InChI is InChI=1S/C22H41NO3/c23-21(24)19-17-15-13-11-9-7-5-3-1-2-4-6-8-10-12-14-16-18-20-22(25)26/h17,19H,1-16,18,20H2,(H2,23,24)(H,25,26). The number of carbonyl (C=O) groups is 2. The summed E-state index contributed by atoms with van der Waals surface area (Å²) in [4.78, 5) is 20.9. The first-order valence-electron chi connectivity index (χ1n) is 10.8. The number of hydrogen-bond donors (Lipinski definition) is 2. The Kier molecular flexibility index (Phi) is 19.0. The van der Waals surface area contributed by atoms with Crippen molar-refractivity contribution in [2.24, 2.45) is 5.73 Å². The van der Waals surface area contributed by atoms with Crippen LogP contribution >= 0.6 is 0 Å². The van der Waals surface area contributed by atoms with Gasteiger partial charge in [-0.1, -0.05) is 96.0 Å². The fourth-order valence-corrected chi connectivity index (χ4v) is 3.21. The number of primary amides is 1. The minimum Gasteiger partial charge on any atom is -0.481 e. The van der Waals surface area contributed by atoms with Crippen LogP contribution in [0, 0.1) is 0 Å². The monoisotopic (exact) mass is 367 g/mol. The highest BCUT2D eigenvalue weighted by Crippen LogP contribution is 2.14. The van der Waals surface area contributed by atoms with Crippen LogP contribution in [0.4, 0.5) is 0 Å².